The number of likely N-dealkylation sites (N-methyl/N-ethyl adjacent to an activating group) is 1. The molecule has 47 heavy (non-hydrogen) atoms. The van der Waals surface area contributed by atoms with Crippen LogP contribution in [0.2, 0.25) is 0 Å². The predicted octanol–water partition coefficient (Wildman–Crippen LogP) is 6.75. The summed E-state index contributed by atoms with van der Waals surface area (Å²) in [6, 6.07) is 16.7. The van der Waals surface area contributed by atoms with E-state index >= 15 is 0 Å². The molecule has 1 saturated heterocycles. The van der Waals surface area contributed by atoms with Crippen molar-refractivity contribution >= 4 is 38.5 Å². The molecule has 9 heteroatoms. The fourth-order valence-electron chi connectivity index (χ4n) is 8.64. The number of halogens is 1. The molecule has 0 radical (unpaired) electrons. The summed E-state index contributed by atoms with van der Waals surface area (Å²) in [4.78, 5) is 18.6. The third kappa shape index (κ3) is 8.62. The second-order valence-electron chi connectivity index (χ2n) is 16.7. The van der Waals surface area contributed by atoms with Crippen molar-refractivity contribution in [1.82, 2.24) is 19.4 Å². The third-order valence-electron chi connectivity index (χ3n) is 11.3. The van der Waals surface area contributed by atoms with Gasteiger partial charge in [0.05, 0.1) is 5.75 Å². The lowest BCUT2D eigenvalue weighted by Crippen LogP contribution is -2.61. The molecule has 3 saturated carbocycles. The van der Waals surface area contributed by atoms with E-state index in [1.54, 1.807) is 0 Å². The lowest BCUT2D eigenvalue weighted by molar-refractivity contribution is -0.136. The summed E-state index contributed by atoms with van der Waals surface area (Å²) in [5.74, 6) is 1.54. The maximum atomic E-state index is 13.7. The maximum absolute atomic E-state index is 13.7. The average molecular weight is 777 g/mol. The highest BCUT2D eigenvalue weighted by Crippen LogP contribution is 2.61. The van der Waals surface area contributed by atoms with Crippen molar-refractivity contribution in [3.05, 3.63) is 68.8 Å². The number of rotatable bonds is 12. The van der Waals surface area contributed by atoms with Gasteiger partial charge in [-0.15, -0.1) is 0 Å². The summed E-state index contributed by atoms with van der Waals surface area (Å²) in [7, 11) is 0.755. The lowest BCUT2D eigenvalue weighted by Gasteiger charge is -2.62. The van der Waals surface area contributed by atoms with E-state index in [0.717, 1.165) is 43.6 Å². The molecule has 2 aromatic carbocycles. The molecule has 4 fully saturated rings. The summed E-state index contributed by atoms with van der Waals surface area (Å²) < 4.78 is 29.4. The Morgan fingerprint density at radius 2 is 1.77 bits per heavy atom. The summed E-state index contributed by atoms with van der Waals surface area (Å²) in [5.41, 5.74) is 3.89. The number of nitrogens with one attached hydrogen (secondary N) is 1. The highest BCUT2D eigenvalue weighted by Gasteiger charge is 2.56. The zero-order valence-corrected chi connectivity index (χ0v) is 32.8. The van der Waals surface area contributed by atoms with Crippen molar-refractivity contribution < 1.29 is 13.2 Å². The summed E-state index contributed by atoms with van der Waals surface area (Å²) in [6.45, 7) is 16.6. The van der Waals surface area contributed by atoms with Crippen LogP contribution in [0.25, 0.3) is 0 Å². The van der Waals surface area contributed by atoms with Gasteiger partial charge in [0.25, 0.3) is 0 Å². The van der Waals surface area contributed by atoms with Gasteiger partial charge in [-0.2, -0.15) is 4.31 Å². The molecule has 0 aromatic heterocycles. The number of nitrogens with zero attached hydrogens (tertiary/aromatic N) is 3. The Kier molecular flexibility index (Phi) is 11.2. The molecule has 0 spiro atoms. The monoisotopic (exact) mass is 776 g/mol. The molecule has 7 nitrogen and oxygen atoms in total. The quantitative estimate of drug-likeness (QED) is 0.242. The SMILES string of the molecule is C[C@@H]1[C@@H](NC(=O)C2CCS(=O)(=O)N2Cc2cccc(CN(Cc3ccccc3I)[C@H](CN(C)C)CC(C)(C)C)c2)C[C@H]2C[C@@H]1C2(C)C. The van der Waals surface area contributed by atoms with Gasteiger partial charge in [-0.05, 0) is 114 Å². The van der Waals surface area contributed by atoms with Gasteiger partial charge in [0.15, 0.2) is 0 Å². The van der Waals surface area contributed by atoms with Crippen LogP contribution in [0.1, 0.15) is 83.9 Å². The number of hydrogen-bond acceptors (Lipinski definition) is 5. The second-order valence-corrected chi connectivity index (χ2v) is 19.9. The second kappa shape index (κ2) is 14.4. The number of fused-ring (bicyclic) bond motifs is 2. The van der Waals surface area contributed by atoms with Crippen LogP contribution in [0.4, 0.5) is 0 Å². The molecule has 6 atom stereocenters. The van der Waals surface area contributed by atoms with Crippen molar-refractivity contribution in [2.45, 2.75) is 105 Å². The highest BCUT2D eigenvalue weighted by atomic mass is 127. The molecule has 6 rings (SSSR count). The van der Waals surface area contributed by atoms with E-state index in [9.17, 15) is 13.2 Å². The molecule has 2 aromatic rings. The Labute approximate surface area is 298 Å². The molecule has 260 valence electrons. The van der Waals surface area contributed by atoms with Crippen LogP contribution < -0.4 is 5.32 Å². The standard InChI is InChI=1S/C38H57IN4O3S/c1-26-32-19-30(38(32,5)6)20-34(26)40-36(44)35-16-17-47(45,46)43(35)23-28-13-11-12-27(18-28)22-42(24-29-14-9-10-15-33(29)39)31(25-41(7)8)21-37(2,3)4/h9-15,18,26,30-32,34-35H,16-17,19-25H2,1-8H3,(H,40,44)/t26-,30+,31-,32-,34-,35?/m0/s1. The Hall–Kier alpha value is -1.53. The molecule has 3 aliphatic carbocycles. The highest BCUT2D eigenvalue weighted by molar-refractivity contribution is 14.1. The number of carbonyl (C=O) groups excluding carboxylic acids is 1. The fourth-order valence-corrected chi connectivity index (χ4v) is 10.9. The van der Waals surface area contributed by atoms with E-state index < -0.39 is 16.1 Å². The Bertz CT molecular complexity index is 1520. The zero-order valence-electron chi connectivity index (χ0n) is 29.8. The first-order valence-electron chi connectivity index (χ1n) is 17.4. The van der Waals surface area contributed by atoms with E-state index in [0.29, 0.717) is 35.6 Å². The van der Waals surface area contributed by atoms with Crippen molar-refractivity contribution in [1.29, 1.82) is 0 Å². The van der Waals surface area contributed by atoms with E-state index in [-0.39, 0.29) is 29.7 Å². The number of sulfonamides is 1. The first-order chi connectivity index (χ1) is 21.9. The average Bonchev–Trinajstić information content (AvgIpc) is 3.26. The van der Waals surface area contributed by atoms with Gasteiger partial charge in [-0.3, -0.25) is 9.69 Å². The smallest absolute Gasteiger partial charge is 0.238 e. The van der Waals surface area contributed by atoms with Gasteiger partial charge < -0.3 is 10.2 Å². The minimum absolute atomic E-state index is 0.0196. The van der Waals surface area contributed by atoms with Crippen LogP contribution >= 0.6 is 22.6 Å². The van der Waals surface area contributed by atoms with Crippen LogP contribution in [-0.2, 0) is 34.5 Å². The molecular formula is C38H57IN4O3S. The van der Waals surface area contributed by atoms with Crippen molar-refractivity contribution in [3.63, 3.8) is 0 Å². The van der Waals surface area contributed by atoms with E-state index in [1.807, 2.05) is 12.1 Å². The summed E-state index contributed by atoms with van der Waals surface area (Å²) >= 11 is 2.44. The van der Waals surface area contributed by atoms with E-state index in [2.05, 4.69) is 130 Å². The molecular weight excluding hydrogens is 719 g/mol. The number of hydrogen-bond donors (Lipinski definition) is 1. The van der Waals surface area contributed by atoms with Gasteiger partial charge in [0, 0.05) is 41.8 Å². The Morgan fingerprint density at radius 1 is 1.06 bits per heavy atom. The molecule has 4 aliphatic rings. The minimum atomic E-state index is -3.53. The van der Waals surface area contributed by atoms with Crippen LogP contribution in [-0.4, -0.2) is 72.9 Å². The van der Waals surface area contributed by atoms with Crippen LogP contribution in [0.3, 0.4) is 0 Å². The topological polar surface area (TPSA) is 73.0 Å². The molecule has 1 heterocycles. The van der Waals surface area contributed by atoms with Gasteiger partial charge in [-0.25, -0.2) is 8.42 Å². The number of benzene rings is 2. The van der Waals surface area contributed by atoms with Gasteiger partial charge in [0.1, 0.15) is 6.04 Å². The van der Waals surface area contributed by atoms with Crippen LogP contribution in [0.5, 0.6) is 0 Å². The predicted molar refractivity (Wildman–Crippen MR) is 200 cm³/mol. The van der Waals surface area contributed by atoms with Crippen molar-refractivity contribution in [2.75, 3.05) is 26.4 Å². The van der Waals surface area contributed by atoms with Crippen LogP contribution in [0.15, 0.2) is 48.5 Å². The first-order valence-corrected chi connectivity index (χ1v) is 20.1. The molecule has 1 N–H and O–H groups in total. The molecule has 1 unspecified atom stereocenters. The van der Waals surface area contributed by atoms with Crippen molar-refractivity contribution in [2.24, 2.45) is 28.6 Å². The van der Waals surface area contributed by atoms with Crippen LogP contribution in [0, 0.1) is 32.2 Å². The summed E-state index contributed by atoms with van der Waals surface area (Å²) in [6.07, 6.45) is 3.63. The Morgan fingerprint density at radius 3 is 2.40 bits per heavy atom. The number of carbonyl (C=O) groups is 1. The summed E-state index contributed by atoms with van der Waals surface area (Å²) in [5, 5.41) is 3.32. The van der Waals surface area contributed by atoms with Crippen molar-refractivity contribution in [3.8, 4) is 0 Å². The molecule has 1 aliphatic heterocycles. The first kappa shape index (κ1) is 36.7. The molecule has 1 amide bonds. The fraction of sp³-hybridized carbons (Fsp3) is 0.658. The van der Waals surface area contributed by atoms with E-state index in [1.165, 1.54) is 19.9 Å². The maximum Gasteiger partial charge on any atom is 0.238 e. The minimum Gasteiger partial charge on any atom is -0.352 e. The molecule has 2 bridgehead atoms. The van der Waals surface area contributed by atoms with Gasteiger partial charge in [0.2, 0.25) is 15.9 Å². The van der Waals surface area contributed by atoms with E-state index in [4.69, 9.17) is 0 Å². The normalized spacial score (nSPS) is 27.5. The van der Waals surface area contributed by atoms with Gasteiger partial charge in [-0.1, -0.05) is 84.0 Å². The van der Waals surface area contributed by atoms with Gasteiger partial charge >= 0.3 is 0 Å². The zero-order chi connectivity index (χ0) is 34.3. The Balaban J connectivity index is 1.34. The number of amides is 1. The lowest BCUT2D eigenvalue weighted by atomic mass is 9.45. The third-order valence-corrected chi connectivity index (χ3v) is 14.2. The largest absolute Gasteiger partial charge is 0.352 e.